The SMILES string of the molecule is CCOCC(NC(=O)NC(C)(C(=O)O)C1CC1)C(C)C. The van der Waals surface area contributed by atoms with E-state index in [1.807, 2.05) is 20.8 Å². The third-order valence-corrected chi connectivity index (χ3v) is 3.83. The predicted octanol–water partition coefficient (Wildman–Crippen LogP) is 1.60. The lowest BCUT2D eigenvalue weighted by Crippen LogP contribution is -2.59. The van der Waals surface area contributed by atoms with E-state index in [9.17, 15) is 14.7 Å². The molecule has 0 bridgehead atoms. The molecule has 0 saturated heterocycles. The standard InChI is InChI=1S/C14H26N2O4/c1-5-20-8-11(9(2)3)15-13(19)16-14(4,12(17)18)10-6-7-10/h9-11H,5-8H2,1-4H3,(H,17,18)(H2,15,16,19). The zero-order chi connectivity index (χ0) is 15.3. The van der Waals surface area contributed by atoms with E-state index in [1.54, 1.807) is 6.92 Å². The van der Waals surface area contributed by atoms with Gasteiger partial charge >= 0.3 is 12.0 Å². The average molecular weight is 286 g/mol. The zero-order valence-electron chi connectivity index (χ0n) is 12.7. The number of hydrogen-bond donors (Lipinski definition) is 3. The maximum Gasteiger partial charge on any atom is 0.329 e. The number of carboxylic acid groups (broad SMARTS) is 1. The quantitative estimate of drug-likeness (QED) is 0.632. The first-order chi connectivity index (χ1) is 9.31. The summed E-state index contributed by atoms with van der Waals surface area (Å²) >= 11 is 0. The molecule has 1 fully saturated rings. The summed E-state index contributed by atoms with van der Waals surface area (Å²) in [6, 6.07) is -0.576. The molecule has 0 radical (unpaired) electrons. The third-order valence-electron chi connectivity index (χ3n) is 3.83. The molecule has 2 amide bonds. The van der Waals surface area contributed by atoms with Crippen LogP contribution in [0.1, 0.15) is 40.5 Å². The van der Waals surface area contributed by atoms with Crippen molar-refractivity contribution in [2.24, 2.45) is 11.8 Å². The molecule has 1 aliphatic carbocycles. The van der Waals surface area contributed by atoms with E-state index < -0.39 is 17.5 Å². The zero-order valence-corrected chi connectivity index (χ0v) is 12.7. The first kappa shape index (κ1) is 16.8. The lowest BCUT2D eigenvalue weighted by molar-refractivity contribution is -0.144. The molecule has 1 saturated carbocycles. The highest BCUT2D eigenvalue weighted by Gasteiger charge is 2.48. The maximum absolute atomic E-state index is 12.0. The summed E-state index contributed by atoms with van der Waals surface area (Å²) in [5.41, 5.74) is -1.18. The number of carboxylic acids is 1. The first-order valence-electron chi connectivity index (χ1n) is 7.21. The molecule has 6 heteroatoms. The summed E-state index contributed by atoms with van der Waals surface area (Å²) in [4.78, 5) is 23.4. The van der Waals surface area contributed by atoms with Crippen molar-refractivity contribution in [3.05, 3.63) is 0 Å². The van der Waals surface area contributed by atoms with Crippen molar-refractivity contribution >= 4 is 12.0 Å². The molecular formula is C14H26N2O4. The molecule has 1 aliphatic rings. The van der Waals surface area contributed by atoms with Crippen molar-refractivity contribution in [2.75, 3.05) is 13.2 Å². The molecule has 0 spiro atoms. The van der Waals surface area contributed by atoms with Gasteiger partial charge < -0.3 is 20.5 Å². The molecule has 2 atom stereocenters. The molecule has 3 N–H and O–H groups in total. The normalized spacial score (nSPS) is 19.2. The van der Waals surface area contributed by atoms with Crippen LogP contribution < -0.4 is 10.6 Å². The summed E-state index contributed by atoms with van der Waals surface area (Å²) in [6.07, 6.45) is 1.69. The topological polar surface area (TPSA) is 87.7 Å². The summed E-state index contributed by atoms with van der Waals surface area (Å²) in [5.74, 6) is -0.750. The van der Waals surface area contributed by atoms with Crippen LogP contribution in [0.3, 0.4) is 0 Å². The minimum atomic E-state index is -1.18. The molecule has 0 aromatic rings. The van der Waals surface area contributed by atoms with Gasteiger partial charge in [-0.2, -0.15) is 0 Å². The molecule has 1 rings (SSSR count). The van der Waals surface area contributed by atoms with E-state index in [1.165, 1.54) is 0 Å². The van der Waals surface area contributed by atoms with Crippen molar-refractivity contribution in [1.82, 2.24) is 10.6 Å². The predicted molar refractivity (Wildman–Crippen MR) is 75.6 cm³/mol. The van der Waals surface area contributed by atoms with Crippen molar-refractivity contribution in [1.29, 1.82) is 0 Å². The van der Waals surface area contributed by atoms with Crippen LogP contribution in [0.5, 0.6) is 0 Å². The largest absolute Gasteiger partial charge is 0.480 e. The Morgan fingerprint density at radius 2 is 2.00 bits per heavy atom. The Morgan fingerprint density at radius 3 is 2.40 bits per heavy atom. The lowest BCUT2D eigenvalue weighted by atomic mass is 9.96. The van der Waals surface area contributed by atoms with Gasteiger partial charge in [0, 0.05) is 6.61 Å². The molecule has 0 heterocycles. The average Bonchev–Trinajstić information content (AvgIpc) is 3.17. The molecular weight excluding hydrogens is 260 g/mol. The Kier molecular flexibility index (Phi) is 5.80. The van der Waals surface area contributed by atoms with Gasteiger partial charge in [-0.05, 0) is 38.5 Å². The summed E-state index contributed by atoms with van der Waals surface area (Å²) < 4.78 is 5.34. The third kappa shape index (κ3) is 4.37. The minimum Gasteiger partial charge on any atom is -0.480 e. The summed E-state index contributed by atoms with van der Waals surface area (Å²) in [5, 5.41) is 14.7. The van der Waals surface area contributed by atoms with Crippen LogP contribution >= 0.6 is 0 Å². The smallest absolute Gasteiger partial charge is 0.329 e. The second-order valence-corrected chi connectivity index (χ2v) is 5.89. The number of aliphatic carboxylic acids is 1. The second kappa shape index (κ2) is 6.92. The van der Waals surface area contributed by atoms with E-state index in [0.717, 1.165) is 12.8 Å². The lowest BCUT2D eigenvalue weighted by Gasteiger charge is -2.29. The van der Waals surface area contributed by atoms with E-state index in [2.05, 4.69) is 10.6 Å². The number of amides is 2. The first-order valence-corrected chi connectivity index (χ1v) is 7.21. The van der Waals surface area contributed by atoms with E-state index in [4.69, 9.17) is 4.74 Å². The highest BCUT2D eigenvalue weighted by Crippen LogP contribution is 2.39. The molecule has 2 unspecified atom stereocenters. The molecule has 20 heavy (non-hydrogen) atoms. The summed E-state index contributed by atoms with van der Waals surface area (Å²) in [7, 11) is 0. The van der Waals surface area contributed by atoms with E-state index in [-0.39, 0.29) is 17.9 Å². The van der Waals surface area contributed by atoms with Crippen molar-refractivity contribution in [3.63, 3.8) is 0 Å². The number of rotatable bonds is 8. The van der Waals surface area contributed by atoms with Gasteiger partial charge in [0.1, 0.15) is 5.54 Å². The van der Waals surface area contributed by atoms with Crippen molar-refractivity contribution in [3.8, 4) is 0 Å². The maximum atomic E-state index is 12.0. The minimum absolute atomic E-state index is 0.0233. The van der Waals surface area contributed by atoms with Gasteiger partial charge in [0.15, 0.2) is 0 Å². The second-order valence-electron chi connectivity index (χ2n) is 5.89. The monoisotopic (exact) mass is 286 g/mol. The van der Waals surface area contributed by atoms with Crippen molar-refractivity contribution < 1.29 is 19.4 Å². The number of nitrogens with one attached hydrogen (secondary N) is 2. The van der Waals surface area contributed by atoms with Crippen LogP contribution in [0.2, 0.25) is 0 Å². The highest BCUT2D eigenvalue weighted by molar-refractivity contribution is 5.86. The van der Waals surface area contributed by atoms with Crippen LogP contribution in [0.15, 0.2) is 0 Å². The molecule has 0 aliphatic heterocycles. The van der Waals surface area contributed by atoms with Gasteiger partial charge in [-0.15, -0.1) is 0 Å². The molecule has 0 aromatic heterocycles. The summed E-state index contributed by atoms with van der Waals surface area (Å²) in [6.45, 7) is 8.45. The van der Waals surface area contributed by atoms with Gasteiger partial charge in [-0.3, -0.25) is 0 Å². The van der Waals surface area contributed by atoms with E-state index >= 15 is 0 Å². The van der Waals surface area contributed by atoms with Crippen molar-refractivity contribution in [2.45, 2.75) is 52.1 Å². The van der Waals surface area contributed by atoms with E-state index in [0.29, 0.717) is 13.2 Å². The highest BCUT2D eigenvalue weighted by atomic mass is 16.5. The Labute approximate surface area is 120 Å². The number of ether oxygens (including phenoxy) is 1. The van der Waals surface area contributed by atoms with Crippen LogP contribution in [0.25, 0.3) is 0 Å². The Morgan fingerprint density at radius 1 is 1.40 bits per heavy atom. The Bertz CT molecular complexity index is 355. The molecule has 0 aromatic carbocycles. The number of carbonyl (C=O) groups excluding carboxylic acids is 1. The molecule has 6 nitrogen and oxygen atoms in total. The van der Waals surface area contributed by atoms with Gasteiger partial charge in [0.2, 0.25) is 0 Å². The van der Waals surface area contributed by atoms with Crippen LogP contribution in [0.4, 0.5) is 4.79 Å². The number of urea groups is 1. The fourth-order valence-corrected chi connectivity index (χ4v) is 2.08. The van der Waals surface area contributed by atoms with Crippen LogP contribution in [-0.2, 0) is 9.53 Å². The Balaban J connectivity index is 2.57. The van der Waals surface area contributed by atoms with Gasteiger partial charge in [0.25, 0.3) is 0 Å². The van der Waals surface area contributed by atoms with Gasteiger partial charge in [-0.25, -0.2) is 9.59 Å². The Hall–Kier alpha value is -1.30. The van der Waals surface area contributed by atoms with Crippen LogP contribution in [0, 0.1) is 11.8 Å². The van der Waals surface area contributed by atoms with Gasteiger partial charge in [0.05, 0.1) is 12.6 Å². The van der Waals surface area contributed by atoms with Crippen LogP contribution in [-0.4, -0.2) is 41.9 Å². The van der Waals surface area contributed by atoms with Gasteiger partial charge in [-0.1, -0.05) is 13.8 Å². The fourth-order valence-electron chi connectivity index (χ4n) is 2.08. The number of carbonyl (C=O) groups is 2. The fraction of sp³-hybridized carbons (Fsp3) is 0.857. The number of hydrogen-bond acceptors (Lipinski definition) is 3. The molecule has 116 valence electrons.